The van der Waals surface area contributed by atoms with E-state index in [4.69, 9.17) is 8.94 Å². The molecule has 0 fully saturated rings. The van der Waals surface area contributed by atoms with Crippen LogP contribution in [0.4, 0.5) is 0 Å². The van der Waals surface area contributed by atoms with Gasteiger partial charge in [-0.1, -0.05) is 35.5 Å². The monoisotopic (exact) mass is 289 g/mol. The summed E-state index contributed by atoms with van der Waals surface area (Å²) in [5.41, 5.74) is 1.82. The van der Waals surface area contributed by atoms with Gasteiger partial charge in [-0.15, -0.1) is 0 Å². The van der Waals surface area contributed by atoms with Gasteiger partial charge in [0.05, 0.1) is 0 Å². The molecule has 0 atom stereocenters. The van der Waals surface area contributed by atoms with Crippen molar-refractivity contribution in [2.24, 2.45) is 0 Å². The average molecular weight is 290 g/mol. The average Bonchev–Trinajstić information content (AvgIpc) is 2.98. The molecule has 84 valence electrons. The summed E-state index contributed by atoms with van der Waals surface area (Å²) in [6.45, 7) is 0. The van der Waals surface area contributed by atoms with Crippen molar-refractivity contribution in [3.05, 3.63) is 53.2 Å². The maximum absolute atomic E-state index is 5.40. The van der Waals surface area contributed by atoms with Gasteiger partial charge in [-0.05, 0) is 28.1 Å². The van der Waals surface area contributed by atoms with Crippen LogP contribution in [-0.2, 0) is 0 Å². The molecule has 0 bridgehead atoms. The summed E-state index contributed by atoms with van der Waals surface area (Å²) >= 11 is 3.25. The third-order valence-corrected chi connectivity index (χ3v) is 2.82. The number of rotatable bonds is 2. The molecule has 0 aliphatic rings. The van der Waals surface area contributed by atoms with Crippen molar-refractivity contribution < 1.29 is 8.94 Å². The van der Waals surface area contributed by atoms with E-state index in [1.54, 1.807) is 0 Å². The van der Waals surface area contributed by atoms with Crippen LogP contribution >= 0.6 is 15.9 Å². The van der Waals surface area contributed by atoms with E-state index in [0.717, 1.165) is 11.3 Å². The molecule has 17 heavy (non-hydrogen) atoms. The number of benzene rings is 1. The Morgan fingerprint density at radius 1 is 0.941 bits per heavy atom. The molecule has 0 amide bonds. The van der Waals surface area contributed by atoms with E-state index in [-0.39, 0.29) is 0 Å². The minimum absolute atomic E-state index is 0.620. The molecule has 0 N–H and O–H groups in total. The normalized spacial score (nSPS) is 10.6. The minimum atomic E-state index is 0.620. The highest BCUT2D eigenvalue weighted by molar-refractivity contribution is 9.10. The fraction of sp³-hybridized carbons (Fsp3) is 0. The zero-order valence-corrected chi connectivity index (χ0v) is 10.3. The maximum Gasteiger partial charge on any atom is 0.202 e. The molecule has 2 aromatic heterocycles. The van der Waals surface area contributed by atoms with Crippen molar-refractivity contribution in [2.45, 2.75) is 0 Å². The lowest BCUT2D eigenvalue weighted by Crippen LogP contribution is -1.73. The SMILES string of the molecule is Brc1ccc(-c2cc(-c3ccccc3)no2)o1. The lowest BCUT2D eigenvalue weighted by Gasteiger charge is -1.91. The molecular weight excluding hydrogens is 282 g/mol. The largest absolute Gasteiger partial charge is 0.446 e. The van der Waals surface area contributed by atoms with E-state index in [0.29, 0.717) is 16.2 Å². The summed E-state index contributed by atoms with van der Waals surface area (Å²) in [6, 6.07) is 15.4. The van der Waals surface area contributed by atoms with Crippen LogP contribution in [0.5, 0.6) is 0 Å². The Balaban J connectivity index is 1.99. The summed E-state index contributed by atoms with van der Waals surface area (Å²) in [5, 5.41) is 4.02. The second kappa shape index (κ2) is 4.22. The van der Waals surface area contributed by atoms with Crippen molar-refractivity contribution >= 4 is 15.9 Å². The van der Waals surface area contributed by atoms with Crippen LogP contribution < -0.4 is 0 Å². The Morgan fingerprint density at radius 2 is 1.76 bits per heavy atom. The highest BCUT2D eigenvalue weighted by Gasteiger charge is 2.11. The quantitative estimate of drug-likeness (QED) is 0.703. The fourth-order valence-electron chi connectivity index (χ4n) is 1.58. The van der Waals surface area contributed by atoms with E-state index in [1.807, 2.05) is 48.5 Å². The first-order chi connectivity index (χ1) is 8.33. The zero-order valence-electron chi connectivity index (χ0n) is 8.76. The topological polar surface area (TPSA) is 39.2 Å². The molecule has 0 spiro atoms. The first-order valence-corrected chi connectivity index (χ1v) is 5.90. The molecule has 0 aliphatic heterocycles. The van der Waals surface area contributed by atoms with E-state index < -0.39 is 0 Å². The van der Waals surface area contributed by atoms with Gasteiger partial charge >= 0.3 is 0 Å². The van der Waals surface area contributed by atoms with Crippen molar-refractivity contribution in [3.63, 3.8) is 0 Å². The standard InChI is InChI=1S/C13H8BrNO2/c14-13-7-6-11(16-13)12-8-10(15-17-12)9-4-2-1-3-5-9/h1-8H. The number of nitrogens with zero attached hydrogens (tertiary/aromatic N) is 1. The van der Waals surface area contributed by atoms with Crippen LogP contribution in [0.1, 0.15) is 0 Å². The molecule has 1 aromatic carbocycles. The number of halogens is 1. The molecule has 0 saturated heterocycles. The van der Waals surface area contributed by atoms with Gasteiger partial charge in [-0.2, -0.15) is 0 Å². The van der Waals surface area contributed by atoms with Gasteiger partial charge in [-0.25, -0.2) is 0 Å². The van der Waals surface area contributed by atoms with E-state index in [9.17, 15) is 0 Å². The van der Waals surface area contributed by atoms with Gasteiger partial charge in [0.2, 0.25) is 5.76 Å². The first kappa shape index (κ1) is 10.4. The smallest absolute Gasteiger partial charge is 0.202 e. The second-order valence-corrected chi connectivity index (χ2v) is 4.33. The van der Waals surface area contributed by atoms with Crippen LogP contribution in [0, 0.1) is 0 Å². The van der Waals surface area contributed by atoms with Crippen LogP contribution in [0.15, 0.2) is 62.1 Å². The molecule has 0 unspecified atom stereocenters. The second-order valence-electron chi connectivity index (χ2n) is 3.55. The molecule has 3 rings (SSSR count). The van der Waals surface area contributed by atoms with Gasteiger partial charge < -0.3 is 8.94 Å². The van der Waals surface area contributed by atoms with Crippen molar-refractivity contribution in [1.82, 2.24) is 5.16 Å². The van der Waals surface area contributed by atoms with Gasteiger partial charge in [-0.3, -0.25) is 0 Å². The molecule has 3 nitrogen and oxygen atoms in total. The lowest BCUT2D eigenvalue weighted by molar-refractivity contribution is 0.418. The predicted molar refractivity (Wildman–Crippen MR) is 67.3 cm³/mol. The van der Waals surface area contributed by atoms with Crippen LogP contribution in [0.2, 0.25) is 0 Å². The van der Waals surface area contributed by atoms with Gasteiger partial charge in [0.25, 0.3) is 0 Å². The zero-order chi connectivity index (χ0) is 11.7. The Hall–Kier alpha value is -1.81. The van der Waals surface area contributed by atoms with Crippen LogP contribution in [0.3, 0.4) is 0 Å². The summed E-state index contributed by atoms with van der Waals surface area (Å²) in [7, 11) is 0. The first-order valence-electron chi connectivity index (χ1n) is 5.11. The Morgan fingerprint density at radius 3 is 2.47 bits per heavy atom. The summed E-state index contributed by atoms with van der Waals surface area (Å²) in [6.07, 6.45) is 0. The predicted octanol–water partition coefficient (Wildman–Crippen LogP) is 4.36. The van der Waals surface area contributed by atoms with E-state index in [2.05, 4.69) is 21.1 Å². The Labute approximate surface area is 106 Å². The Kier molecular flexibility index (Phi) is 2.57. The molecule has 0 saturated carbocycles. The summed E-state index contributed by atoms with van der Waals surface area (Å²) in [5.74, 6) is 1.28. The van der Waals surface area contributed by atoms with Gasteiger partial charge in [0.1, 0.15) is 5.69 Å². The molecule has 0 radical (unpaired) electrons. The highest BCUT2D eigenvalue weighted by atomic mass is 79.9. The number of furan rings is 1. The van der Waals surface area contributed by atoms with Gasteiger partial charge in [0.15, 0.2) is 10.4 Å². The molecular formula is C13H8BrNO2. The lowest BCUT2D eigenvalue weighted by atomic mass is 10.1. The molecule has 3 aromatic rings. The van der Waals surface area contributed by atoms with Crippen molar-refractivity contribution in [1.29, 1.82) is 0 Å². The van der Waals surface area contributed by atoms with Gasteiger partial charge in [0, 0.05) is 11.6 Å². The number of hydrogen-bond donors (Lipinski definition) is 0. The fourth-order valence-corrected chi connectivity index (χ4v) is 1.89. The third kappa shape index (κ3) is 2.03. The van der Waals surface area contributed by atoms with Crippen LogP contribution in [-0.4, -0.2) is 5.16 Å². The Bertz CT molecular complexity index is 628. The van der Waals surface area contributed by atoms with E-state index >= 15 is 0 Å². The number of aromatic nitrogens is 1. The van der Waals surface area contributed by atoms with Crippen molar-refractivity contribution in [3.8, 4) is 22.8 Å². The third-order valence-electron chi connectivity index (χ3n) is 2.40. The van der Waals surface area contributed by atoms with E-state index in [1.165, 1.54) is 0 Å². The minimum Gasteiger partial charge on any atom is -0.446 e. The van der Waals surface area contributed by atoms with Crippen molar-refractivity contribution in [2.75, 3.05) is 0 Å². The number of hydrogen-bond acceptors (Lipinski definition) is 3. The molecule has 4 heteroatoms. The van der Waals surface area contributed by atoms with Crippen LogP contribution in [0.25, 0.3) is 22.8 Å². The maximum atomic E-state index is 5.40. The summed E-state index contributed by atoms with van der Waals surface area (Å²) < 4.78 is 11.3. The molecule has 2 heterocycles. The summed E-state index contributed by atoms with van der Waals surface area (Å²) in [4.78, 5) is 0. The highest BCUT2D eigenvalue weighted by Crippen LogP contribution is 2.28. The molecule has 0 aliphatic carbocycles.